The predicted molar refractivity (Wildman–Crippen MR) is 141 cm³/mol. The number of rotatable bonds is 9. The zero-order valence-electron chi connectivity index (χ0n) is 21.2. The predicted octanol–water partition coefficient (Wildman–Crippen LogP) is 5.36. The molecule has 192 valence electrons. The van der Waals surface area contributed by atoms with E-state index in [0.717, 1.165) is 72.5 Å². The number of fused-ring (bicyclic) bond motifs is 1. The van der Waals surface area contributed by atoms with Gasteiger partial charge in [-0.3, -0.25) is 9.69 Å². The summed E-state index contributed by atoms with van der Waals surface area (Å²) >= 11 is 0. The molecule has 1 saturated heterocycles. The number of hydrogen-bond acceptors (Lipinski definition) is 8. The summed E-state index contributed by atoms with van der Waals surface area (Å²) in [4.78, 5) is 22.8. The first-order valence-electron chi connectivity index (χ1n) is 12.6. The van der Waals surface area contributed by atoms with Crippen LogP contribution in [-0.4, -0.2) is 60.8 Å². The maximum absolute atomic E-state index is 11.5. The minimum absolute atomic E-state index is 0.0243. The van der Waals surface area contributed by atoms with Gasteiger partial charge in [0.2, 0.25) is 11.6 Å². The van der Waals surface area contributed by atoms with Crippen molar-refractivity contribution in [2.24, 2.45) is 0 Å². The van der Waals surface area contributed by atoms with Gasteiger partial charge >= 0.3 is 5.97 Å². The van der Waals surface area contributed by atoms with Crippen LogP contribution in [0, 0.1) is 0 Å². The largest absolute Gasteiger partial charge is 0.497 e. The first-order chi connectivity index (χ1) is 18.2. The monoisotopic (exact) mass is 501 g/mol. The van der Waals surface area contributed by atoms with Gasteiger partial charge in [-0.2, -0.15) is 0 Å². The molecule has 1 fully saturated rings. The van der Waals surface area contributed by atoms with Crippen LogP contribution >= 0.6 is 0 Å². The number of esters is 1. The van der Waals surface area contributed by atoms with E-state index >= 15 is 0 Å². The van der Waals surface area contributed by atoms with Crippen molar-refractivity contribution in [1.82, 2.24) is 14.9 Å². The fourth-order valence-corrected chi connectivity index (χ4v) is 4.84. The number of piperidine rings is 1. The number of aromatic nitrogens is 2. The van der Waals surface area contributed by atoms with E-state index in [1.165, 1.54) is 13.4 Å². The molecule has 1 unspecified atom stereocenters. The molecule has 1 aliphatic heterocycles. The SMILES string of the molecule is COC(=O)CCCN1CCCC(Oc2ncnc3oc(-c4ccccc4)c(-c4ccc(OC)cc4)c23)C1. The van der Waals surface area contributed by atoms with Gasteiger partial charge in [-0.1, -0.05) is 42.5 Å². The van der Waals surface area contributed by atoms with Crippen LogP contribution in [0.1, 0.15) is 25.7 Å². The highest BCUT2D eigenvalue weighted by atomic mass is 16.5. The quantitative estimate of drug-likeness (QED) is 0.283. The van der Waals surface area contributed by atoms with Crippen molar-refractivity contribution < 1.29 is 23.4 Å². The van der Waals surface area contributed by atoms with Gasteiger partial charge in [0.05, 0.1) is 14.2 Å². The first-order valence-corrected chi connectivity index (χ1v) is 12.6. The maximum atomic E-state index is 11.5. The van der Waals surface area contributed by atoms with Crippen LogP contribution in [0.5, 0.6) is 11.6 Å². The Morgan fingerprint density at radius 3 is 2.62 bits per heavy atom. The van der Waals surface area contributed by atoms with E-state index in [2.05, 4.69) is 14.9 Å². The standard InChI is InChI=1S/C29H31N3O5/c1-34-22-14-12-20(13-15-22)25-26-28(30-19-31-29(26)37-27(25)21-8-4-3-5-9-21)36-23-10-6-16-32(18-23)17-7-11-24(33)35-2/h3-5,8-9,12-15,19,23H,6-7,10-11,16-18H2,1-2H3. The van der Waals surface area contributed by atoms with Crippen LogP contribution in [-0.2, 0) is 9.53 Å². The molecule has 1 atom stereocenters. The smallest absolute Gasteiger partial charge is 0.305 e. The van der Waals surface area contributed by atoms with Crippen molar-refractivity contribution in [3.63, 3.8) is 0 Å². The van der Waals surface area contributed by atoms with Crippen LogP contribution in [0.25, 0.3) is 33.6 Å². The Hall–Kier alpha value is -3.91. The molecular formula is C29H31N3O5. The number of carbonyl (C=O) groups excluding carboxylic acids is 1. The van der Waals surface area contributed by atoms with Crippen LogP contribution in [0.3, 0.4) is 0 Å². The number of furan rings is 1. The summed E-state index contributed by atoms with van der Waals surface area (Å²) in [6.07, 6.45) is 4.60. The lowest BCUT2D eigenvalue weighted by Crippen LogP contribution is -2.41. The highest BCUT2D eigenvalue weighted by Gasteiger charge is 2.27. The molecule has 3 heterocycles. The number of likely N-dealkylation sites (tertiary alicyclic amines) is 1. The average molecular weight is 502 g/mol. The molecule has 0 spiro atoms. The van der Waals surface area contributed by atoms with Gasteiger partial charge in [-0.05, 0) is 50.0 Å². The molecule has 0 saturated carbocycles. The van der Waals surface area contributed by atoms with Crippen LogP contribution in [0.15, 0.2) is 65.3 Å². The topological polar surface area (TPSA) is 86.9 Å². The highest BCUT2D eigenvalue weighted by molar-refractivity contribution is 6.03. The molecule has 2 aromatic heterocycles. The van der Waals surface area contributed by atoms with E-state index in [-0.39, 0.29) is 12.1 Å². The summed E-state index contributed by atoms with van der Waals surface area (Å²) in [5, 5.41) is 0.759. The number of benzene rings is 2. The molecule has 37 heavy (non-hydrogen) atoms. The number of carbonyl (C=O) groups is 1. The summed E-state index contributed by atoms with van der Waals surface area (Å²) in [6, 6.07) is 17.9. The van der Waals surface area contributed by atoms with E-state index in [4.69, 9.17) is 18.6 Å². The summed E-state index contributed by atoms with van der Waals surface area (Å²) in [5.74, 6) is 1.84. The molecule has 0 amide bonds. The lowest BCUT2D eigenvalue weighted by atomic mass is 9.99. The fourth-order valence-electron chi connectivity index (χ4n) is 4.84. The molecule has 0 N–H and O–H groups in total. The minimum atomic E-state index is -0.173. The number of hydrogen-bond donors (Lipinski definition) is 0. The van der Waals surface area contributed by atoms with E-state index < -0.39 is 0 Å². The molecule has 0 radical (unpaired) electrons. The summed E-state index contributed by atoms with van der Waals surface area (Å²) in [5.41, 5.74) is 3.29. The Morgan fingerprint density at radius 1 is 1.05 bits per heavy atom. The summed E-state index contributed by atoms with van der Waals surface area (Å²) in [7, 11) is 3.08. The molecule has 8 nitrogen and oxygen atoms in total. The van der Waals surface area contributed by atoms with Gasteiger partial charge in [0, 0.05) is 24.1 Å². The Bertz CT molecular complexity index is 1340. The molecule has 4 aromatic rings. The molecule has 8 heteroatoms. The van der Waals surface area contributed by atoms with Gasteiger partial charge in [-0.25, -0.2) is 9.97 Å². The highest BCUT2D eigenvalue weighted by Crippen LogP contribution is 2.43. The van der Waals surface area contributed by atoms with Crippen molar-refractivity contribution >= 4 is 17.1 Å². The van der Waals surface area contributed by atoms with E-state index in [0.29, 0.717) is 18.0 Å². The number of methoxy groups -OCH3 is 2. The van der Waals surface area contributed by atoms with Crippen LogP contribution < -0.4 is 9.47 Å². The zero-order valence-corrected chi connectivity index (χ0v) is 21.2. The average Bonchev–Trinajstić information content (AvgIpc) is 3.34. The van der Waals surface area contributed by atoms with E-state index in [9.17, 15) is 4.79 Å². The molecule has 0 aliphatic carbocycles. The fraction of sp³-hybridized carbons (Fsp3) is 0.345. The van der Waals surface area contributed by atoms with Gasteiger partial charge in [0.1, 0.15) is 29.3 Å². The van der Waals surface area contributed by atoms with Crippen molar-refractivity contribution in [3.05, 3.63) is 60.9 Å². The van der Waals surface area contributed by atoms with Crippen molar-refractivity contribution in [2.45, 2.75) is 31.8 Å². The molecule has 2 aromatic carbocycles. The van der Waals surface area contributed by atoms with Crippen molar-refractivity contribution in [3.8, 4) is 34.1 Å². The lowest BCUT2D eigenvalue weighted by molar-refractivity contribution is -0.140. The third-order valence-electron chi connectivity index (χ3n) is 6.69. The van der Waals surface area contributed by atoms with Gasteiger partial charge in [0.25, 0.3) is 0 Å². The van der Waals surface area contributed by atoms with Crippen LogP contribution in [0.2, 0.25) is 0 Å². The first kappa shape index (κ1) is 24.8. The van der Waals surface area contributed by atoms with E-state index in [1.807, 2.05) is 54.6 Å². The Balaban J connectivity index is 1.47. The Labute approximate surface area is 216 Å². The van der Waals surface area contributed by atoms with Gasteiger partial charge in [-0.15, -0.1) is 0 Å². The zero-order chi connectivity index (χ0) is 25.6. The Morgan fingerprint density at radius 2 is 1.86 bits per heavy atom. The normalized spacial score (nSPS) is 16.0. The number of nitrogens with zero attached hydrogens (tertiary/aromatic N) is 3. The molecule has 0 bridgehead atoms. The van der Waals surface area contributed by atoms with Gasteiger partial charge in [0.15, 0.2) is 0 Å². The molecule has 1 aliphatic rings. The molecular weight excluding hydrogens is 470 g/mol. The second-order valence-electron chi connectivity index (χ2n) is 9.12. The summed E-state index contributed by atoms with van der Waals surface area (Å²) in [6.45, 7) is 2.59. The third-order valence-corrected chi connectivity index (χ3v) is 6.69. The summed E-state index contributed by atoms with van der Waals surface area (Å²) < 4.78 is 23.0. The lowest BCUT2D eigenvalue weighted by Gasteiger charge is -2.32. The van der Waals surface area contributed by atoms with Gasteiger partial charge < -0.3 is 18.6 Å². The minimum Gasteiger partial charge on any atom is -0.497 e. The van der Waals surface area contributed by atoms with E-state index in [1.54, 1.807) is 7.11 Å². The second kappa shape index (κ2) is 11.4. The number of ether oxygens (including phenoxy) is 3. The van der Waals surface area contributed by atoms with Crippen molar-refractivity contribution in [2.75, 3.05) is 33.9 Å². The van der Waals surface area contributed by atoms with Crippen LogP contribution in [0.4, 0.5) is 0 Å². The second-order valence-corrected chi connectivity index (χ2v) is 9.12. The third kappa shape index (κ3) is 5.59. The van der Waals surface area contributed by atoms with Crippen molar-refractivity contribution in [1.29, 1.82) is 0 Å². The Kier molecular flexibility index (Phi) is 7.65. The molecule has 5 rings (SSSR count). The maximum Gasteiger partial charge on any atom is 0.305 e.